The Labute approximate surface area is 318 Å². The number of carbonyl (C=O) groups excluding carboxylic acids is 3. The summed E-state index contributed by atoms with van der Waals surface area (Å²) in [4.78, 5) is 45.5. The van der Waals surface area contributed by atoms with Crippen LogP contribution < -0.4 is 9.46 Å². The number of nitrogens with one attached hydrogen (secondary N) is 1. The molecular formula is C42H52N4O7S. The monoisotopic (exact) mass is 756 g/mol. The average molecular weight is 757 g/mol. The molecule has 54 heavy (non-hydrogen) atoms. The van der Waals surface area contributed by atoms with Crippen LogP contribution in [0.5, 0.6) is 5.75 Å². The van der Waals surface area contributed by atoms with Gasteiger partial charge >= 0.3 is 6.09 Å². The first-order chi connectivity index (χ1) is 25.8. The lowest BCUT2D eigenvalue weighted by Crippen LogP contribution is -2.56. The molecule has 2 unspecified atom stereocenters. The van der Waals surface area contributed by atoms with Gasteiger partial charge in [-0.3, -0.25) is 9.59 Å². The van der Waals surface area contributed by atoms with Crippen molar-refractivity contribution >= 4 is 38.8 Å². The van der Waals surface area contributed by atoms with Gasteiger partial charge in [0.1, 0.15) is 5.75 Å². The van der Waals surface area contributed by atoms with Gasteiger partial charge in [0, 0.05) is 59.7 Å². The van der Waals surface area contributed by atoms with Gasteiger partial charge in [-0.05, 0) is 113 Å². The molecule has 2 saturated heterocycles. The zero-order valence-electron chi connectivity index (χ0n) is 31.9. The molecule has 3 aliphatic heterocycles. The number of nitrogens with zero attached hydrogens (tertiary/aromatic N) is 3. The number of carbonyl (C=O) groups is 3. The van der Waals surface area contributed by atoms with Crippen LogP contribution in [-0.2, 0) is 26.1 Å². The highest BCUT2D eigenvalue weighted by Crippen LogP contribution is 2.66. The highest BCUT2D eigenvalue weighted by atomic mass is 32.2. The lowest BCUT2D eigenvalue weighted by Gasteiger charge is -2.45. The first-order valence-corrected chi connectivity index (χ1v) is 21.2. The minimum absolute atomic E-state index is 0.0173. The van der Waals surface area contributed by atoms with Crippen LogP contribution in [0.4, 0.5) is 4.79 Å². The minimum Gasteiger partial charge on any atom is -0.497 e. The van der Waals surface area contributed by atoms with E-state index in [1.54, 1.807) is 33.9 Å². The van der Waals surface area contributed by atoms with E-state index < -0.39 is 26.6 Å². The van der Waals surface area contributed by atoms with E-state index in [4.69, 9.17) is 9.47 Å². The molecule has 288 valence electrons. The van der Waals surface area contributed by atoms with Crippen LogP contribution >= 0.6 is 0 Å². The van der Waals surface area contributed by atoms with Crippen LogP contribution in [0.3, 0.4) is 0 Å². The summed E-state index contributed by atoms with van der Waals surface area (Å²) in [5.74, 6) is 0.880. The highest BCUT2D eigenvalue weighted by molar-refractivity contribution is 7.90. The van der Waals surface area contributed by atoms with Crippen LogP contribution in [-0.4, -0.2) is 78.2 Å². The maximum absolute atomic E-state index is 15.1. The van der Waals surface area contributed by atoms with E-state index in [1.165, 1.54) is 12.0 Å². The SMILES string of the molecule is C=C(C)OC(=O)N1CCCC12CCN(C(=O)C13CC1c1cc(OC)ccc1-c1c(C4CCCCC4)c4ccc(C(=O)NS(=O)(=O)C(C)C)cc4n1C3)CC2. The van der Waals surface area contributed by atoms with Crippen molar-refractivity contribution in [2.45, 2.75) is 114 Å². The van der Waals surface area contributed by atoms with Crippen molar-refractivity contribution in [2.24, 2.45) is 5.41 Å². The molecule has 3 aromatic rings. The fourth-order valence-electron chi connectivity index (χ4n) is 10.1. The number of methoxy groups -OCH3 is 1. The number of rotatable bonds is 7. The molecule has 4 fully saturated rings. The lowest BCUT2D eigenvalue weighted by molar-refractivity contribution is -0.140. The molecule has 4 heterocycles. The van der Waals surface area contributed by atoms with Gasteiger partial charge in [0.05, 0.1) is 29.2 Å². The molecular weight excluding hydrogens is 705 g/mol. The molecule has 11 nitrogen and oxygen atoms in total. The smallest absolute Gasteiger partial charge is 0.415 e. The van der Waals surface area contributed by atoms with Crippen LogP contribution in [0.2, 0.25) is 0 Å². The number of hydrogen-bond acceptors (Lipinski definition) is 7. The van der Waals surface area contributed by atoms with E-state index in [2.05, 4.69) is 28.0 Å². The van der Waals surface area contributed by atoms with Gasteiger partial charge in [-0.15, -0.1) is 0 Å². The largest absolute Gasteiger partial charge is 0.497 e. The number of piperidine rings is 1. The van der Waals surface area contributed by atoms with Crippen molar-refractivity contribution in [3.63, 3.8) is 0 Å². The van der Waals surface area contributed by atoms with Crippen molar-refractivity contribution in [1.82, 2.24) is 19.1 Å². The number of benzene rings is 2. The Bertz CT molecular complexity index is 2160. The van der Waals surface area contributed by atoms with Crippen LogP contribution in [0, 0.1) is 5.41 Å². The second-order valence-corrected chi connectivity index (χ2v) is 18.9. The lowest BCUT2D eigenvalue weighted by atomic mass is 9.81. The minimum atomic E-state index is -3.84. The number of likely N-dealkylation sites (tertiary alicyclic amines) is 2. The van der Waals surface area contributed by atoms with E-state index in [1.807, 2.05) is 28.0 Å². The van der Waals surface area contributed by atoms with Gasteiger partial charge in [-0.1, -0.05) is 31.9 Å². The summed E-state index contributed by atoms with van der Waals surface area (Å²) in [5, 5.41) is 0.289. The number of aromatic nitrogens is 1. The molecule has 8 rings (SSSR count). The number of amides is 3. The Morgan fingerprint density at radius 3 is 2.39 bits per heavy atom. The van der Waals surface area contributed by atoms with E-state index >= 15 is 4.79 Å². The van der Waals surface area contributed by atoms with Crippen molar-refractivity contribution in [1.29, 1.82) is 0 Å². The third-order valence-electron chi connectivity index (χ3n) is 13.1. The molecule has 2 aliphatic carbocycles. The Morgan fingerprint density at radius 1 is 0.963 bits per heavy atom. The van der Waals surface area contributed by atoms with Crippen LogP contribution in [0.15, 0.2) is 48.7 Å². The first-order valence-electron chi connectivity index (χ1n) is 19.6. The van der Waals surface area contributed by atoms with Gasteiger partial charge < -0.3 is 23.8 Å². The van der Waals surface area contributed by atoms with E-state index in [9.17, 15) is 18.0 Å². The summed E-state index contributed by atoms with van der Waals surface area (Å²) < 4.78 is 41.2. The van der Waals surface area contributed by atoms with E-state index in [-0.39, 0.29) is 29.0 Å². The summed E-state index contributed by atoms with van der Waals surface area (Å²) in [7, 11) is -2.17. The second kappa shape index (κ2) is 13.5. The van der Waals surface area contributed by atoms with Crippen molar-refractivity contribution in [2.75, 3.05) is 26.7 Å². The van der Waals surface area contributed by atoms with Crippen molar-refractivity contribution in [3.8, 4) is 17.0 Å². The first kappa shape index (κ1) is 36.6. The standard InChI is InChI=1S/C42H52N4O7S/c1-26(2)53-40(49)46-19-9-16-41(46)17-20-44(21-18-41)39(48)42-24-34(42)33-23-30(52-5)13-15-31(33)37-36(28-10-7-6-8-11-28)32-14-12-29(22-35(32)45(37)25-42)38(47)43-54(50,51)27(3)4/h12-15,22-23,27-28,34H,1,6-11,16-21,24-25H2,2-5H3,(H,43,47). The van der Waals surface area contributed by atoms with E-state index in [0.717, 1.165) is 72.0 Å². The molecule has 2 aromatic carbocycles. The second-order valence-electron chi connectivity index (χ2n) is 16.6. The molecule has 1 spiro atoms. The van der Waals surface area contributed by atoms with Gasteiger partial charge in [0.25, 0.3) is 5.91 Å². The molecule has 2 atom stereocenters. The fraction of sp³-hybridized carbons (Fsp3) is 0.548. The Morgan fingerprint density at radius 2 is 1.70 bits per heavy atom. The zero-order valence-corrected chi connectivity index (χ0v) is 32.7. The zero-order chi connectivity index (χ0) is 38.2. The number of fused-ring (bicyclic) bond motifs is 7. The van der Waals surface area contributed by atoms with Gasteiger partial charge in [-0.2, -0.15) is 0 Å². The topological polar surface area (TPSA) is 127 Å². The molecule has 1 aromatic heterocycles. The third-order valence-corrected chi connectivity index (χ3v) is 14.8. The number of hydrogen-bond donors (Lipinski definition) is 1. The van der Waals surface area contributed by atoms with E-state index in [0.29, 0.717) is 57.1 Å². The average Bonchev–Trinajstić information content (AvgIpc) is 3.65. The summed E-state index contributed by atoms with van der Waals surface area (Å²) in [6.45, 7) is 10.7. The predicted molar refractivity (Wildman–Crippen MR) is 207 cm³/mol. The van der Waals surface area contributed by atoms with Crippen molar-refractivity contribution < 1.29 is 32.3 Å². The quantitative estimate of drug-likeness (QED) is 0.248. The normalized spacial score (nSPS) is 23.4. The summed E-state index contributed by atoms with van der Waals surface area (Å²) in [5.41, 5.74) is 4.63. The Hall–Kier alpha value is -4.32. The van der Waals surface area contributed by atoms with Crippen molar-refractivity contribution in [3.05, 3.63) is 65.4 Å². The number of sulfonamides is 1. The van der Waals surface area contributed by atoms with Gasteiger partial charge in [0.15, 0.2) is 0 Å². The molecule has 3 amide bonds. The summed E-state index contributed by atoms with van der Waals surface area (Å²) in [6.07, 6.45) is 9.12. The molecule has 1 N–H and O–H groups in total. The molecule has 2 saturated carbocycles. The van der Waals surface area contributed by atoms with Gasteiger partial charge in [-0.25, -0.2) is 17.9 Å². The van der Waals surface area contributed by atoms with Crippen LogP contribution in [0.1, 0.15) is 118 Å². The summed E-state index contributed by atoms with van der Waals surface area (Å²) in [6, 6.07) is 11.8. The molecule has 0 bridgehead atoms. The number of ether oxygens (including phenoxy) is 2. The maximum Gasteiger partial charge on any atom is 0.415 e. The molecule has 12 heteroatoms. The fourth-order valence-corrected chi connectivity index (χ4v) is 10.7. The maximum atomic E-state index is 15.1. The van der Waals surface area contributed by atoms with Gasteiger partial charge in [0.2, 0.25) is 15.9 Å². The third kappa shape index (κ3) is 5.99. The Kier molecular flexibility index (Phi) is 9.13. The number of allylic oxidation sites excluding steroid dienone is 1. The Balaban J connectivity index is 1.21. The molecule has 0 radical (unpaired) electrons. The van der Waals surface area contributed by atoms with Crippen LogP contribution in [0.25, 0.3) is 22.2 Å². The summed E-state index contributed by atoms with van der Waals surface area (Å²) >= 11 is 0. The predicted octanol–water partition coefficient (Wildman–Crippen LogP) is 7.45. The highest BCUT2D eigenvalue weighted by Gasteiger charge is 2.64. The molecule has 5 aliphatic rings.